The van der Waals surface area contributed by atoms with Crippen molar-refractivity contribution in [3.63, 3.8) is 0 Å². The van der Waals surface area contributed by atoms with Crippen molar-refractivity contribution >= 4 is 46.9 Å². The van der Waals surface area contributed by atoms with Crippen LogP contribution in [0, 0.1) is 0 Å². The molecule has 0 saturated heterocycles. The molecule has 138 valence electrons. The van der Waals surface area contributed by atoms with Crippen LogP contribution in [0.5, 0.6) is 0 Å². The number of benzene rings is 3. The summed E-state index contributed by atoms with van der Waals surface area (Å²) in [6.45, 7) is 0. The molecule has 6 heteroatoms. The highest BCUT2D eigenvalue weighted by atomic mass is 35.5. The van der Waals surface area contributed by atoms with Crippen LogP contribution in [0.25, 0.3) is 0 Å². The van der Waals surface area contributed by atoms with Crippen molar-refractivity contribution < 1.29 is 9.36 Å². The van der Waals surface area contributed by atoms with Gasteiger partial charge in [0, 0.05) is 16.2 Å². The van der Waals surface area contributed by atoms with Crippen LogP contribution in [0.1, 0.15) is 10.4 Å². The summed E-state index contributed by atoms with van der Waals surface area (Å²) in [4.78, 5) is 11.7. The summed E-state index contributed by atoms with van der Waals surface area (Å²) >= 11 is 12.5. The Morgan fingerprint density at radius 3 is 1.56 bits per heavy atom. The Bertz CT molecular complexity index is 891. The van der Waals surface area contributed by atoms with Crippen LogP contribution in [0.3, 0.4) is 0 Å². The molecule has 0 aliphatic carbocycles. The maximum Gasteiger partial charge on any atom is 0.251 e. The van der Waals surface area contributed by atoms with Gasteiger partial charge in [-0.15, -0.1) is 23.2 Å². The largest absolute Gasteiger partial charge is 0.339 e. The summed E-state index contributed by atoms with van der Waals surface area (Å²) in [5, 5.41) is 3.97. The Labute approximate surface area is 168 Å². The molecule has 3 aromatic rings. The highest BCUT2D eigenvalue weighted by Gasteiger charge is 2.41. The van der Waals surface area contributed by atoms with Crippen molar-refractivity contribution in [2.75, 3.05) is 0 Å². The van der Waals surface area contributed by atoms with Crippen LogP contribution >= 0.6 is 30.3 Å². The molecule has 0 aromatic heterocycles. The predicted octanol–water partition coefficient (Wildman–Crippen LogP) is 4.56. The lowest BCUT2D eigenvalue weighted by Gasteiger charge is -2.30. The van der Waals surface area contributed by atoms with Crippen LogP contribution in [-0.4, -0.2) is 16.5 Å². The van der Waals surface area contributed by atoms with Crippen molar-refractivity contribution in [3.05, 3.63) is 96.6 Å². The average Bonchev–Trinajstić information content (AvgIpc) is 2.73. The van der Waals surface area contributed by atoms with Gasteiger partial charge in [0.05, 0.1) is 0 Å². The van der Waals surface area contributed by atoms with Crippen LogP contribution in [0.4, 0.5) is 0 Å². The molecule has 0 aliphatic rings. The second-order valence-electron chi connectivity index (χ2n) is 5.95. The first-order valence-electron chi connectivity index (χ1n) is 8.38. The van der Waals surface area contributed by atoms with E-state index < -0.39 is 17.8 Å². The van der Waals surface area contributed by atoms with E-state index in [2.05, 4.69) is 5.32 Å². The molecule has 0 fully saturated rings. The second-order valence-corrected chi connectivity index (χ2v) is 10.0. The minimum absolute atomic E-state index is 0.376. The monoisotopic (exact) mass is 417 g/mol. The van der Waals surface area contributed by atoms with Crippen LogP contribution in [0.15, 0.2) is 91.0 Å². The molecule has 1 amide bonds. The summed E-state index contributed by atoms with van der Waals surface area (Å²) in [7, 11) is -3.36. The summed E-state index contributed by atoms with van der Waals surface area (Å²) in [6.07, 6.45) is 0. The highest BCUT2D eigenvalue weighted by Crippen LogP contribution is 2.50. The van der Waals surface area contributed by atoms with Crippen LogP contribution in [-0.2, 0) is 4.57 Å². The fourth-order valence-corrected chi connectivity index (χ4v) is 6.75. The molecule has 0 aliphatic heterocycles. The third kappa shape index (κ3) is 4.27. The number of rotatable bonds is 6. The maximum atomic E-state index is 14.3. The molecule has 1 atom stereocenters. The van der Waals surface area contributed by atoms with Gasteiger partial charge >= 0.3 is 0 Å². The zero-order chi connectivity index (χ0) is 19.3. The van der Waals surface area contributed by atoms with Gasteiger partial charge in [0.25, 0.3) is 5.91 Å². The Hall–Kier alpha value is -2.06. The van der Waals surface area contributed by atoms with Crippen molar-refractivity contribution in [3.8, 4) is 0 Å². The third-order valence-electron chi connectivity index (χ3n) is 4.22. The molecule has 3 nitrogen and oxygen atoms in total. The number of alkyl halides is 2. The SMILES string of the molecule is O=C(NC(C(Cl)Cl)P(=O)(c1ccccc1)c1ccccc1)c1ccccc1. The van der Waals surface area contributed by atoms with Gasteiger partial charge in [-0.05, 0) is 12.1 Å². The van der Waals surface area contributed by atoms with Gasteiger partial charge in [-0.25, -0.2) is 0 Å². The first kappa shape index (κ1) is 19.7. The normalized spacial score (nSPS) is 12.6. The lowest BCUT2D eigenvalue weighted by molar-refractivity contribution is 0.0949. The average molecular weight is 418 g/mol. The first-order chi connectivity index (χ1) is 13.0. The Balaban J connectivity index is 2.08. The molecule has 27 heavy (non-hydrogen) atoms. The second kappa shape index (κ2) is 8.75. The van der Waals surface area contributed by atoms with E-state index in [1.165, 1.54) is 0 Å². The number of carbonyl (C=O) groups is 1. The minimum atomic E-state index is -3.36. The van der Waals surface area contributed by atoms with Crippen molar-refractivity contribution in [1.29, 1.82) is 0 Å². The summed E-state index contributed by atoms with van der Waals surface area (Å²) in [5.41, 5.74) is 0.448. The van der Waals surface area contributed by atoms with Crippen LogP contribution < -0.4 is 15.9 Å². The molecule has 0 saturated carbocycles. The van der Waals surface area contributed by atoms with Crippen molar-refractivity contribution in [1.82, 2.24) is 5.32 Å². The van der Waals surface area contributed by atoms with Gasteiger partial charge in [-0.3, -0.25) is 4.79 Å². The molecular weight excluding hydrogens is 400 g/mol. The lowest BCUT2D eigenvalue weighted by Crippen LogP contribution is -2.44. The minimum Gasteiger partial charge on any atom is -0.339 e. The smallest absolute Gasteiger partial charge is 0.251 e. The Morgan fingerprint density at radius 1 is 0.741 bits per heavy atom. The van der Waals surface area contributed by atoms with Crippen molar-refractivity contribution in [2.24, 2.45) is 0 Å². The number of carbonyl (C=O) groups excluding carboxylic acids is 1. The van der Waals surface area contributed by atoms with E-state index in [1.54, 1.807) is 72.8 Å². The molecule has 3 aromatic carbocycles. The summed E-state index contributed by atoms with van der Waals surface area (Å²) < 4.78 is 14.3. The Morgan fingerprint density at radius 2 is 1.15 bits per heavy atom. The van der Waals surface area contributed by atoms with E-state index in [-0.39, 0.29) is 5.91 Å². The number of halogens is 2. The van der Waals surface area contributed by atoms with E-state index in [0.29, 0.717) is 16.2 Å². The lowest BCUT2D eigenvalue weighted by atomic mass is 10.2. The topological polar surface area (TPSA) is 46.2 Å². The molecule has 0 heterocycles. The van der Waals surface area contributed by atoms with Gasteiger partial charge in [-0.1, -0.05) is 78.9 Å². The van der Waals surface area contributed by atoms with E-state index in [1.807, 2.05) is 18.2 Å². The predicted molar refractivity (Wildman–Crippen MR) is 113 cm³/mol. The number of hydrogen-bond donors (Lipinski definition) is 1. The van der Waals surface area contributed by atoms with E-state index in [9.17, 15) is 9.36 Å². The zero-order valence-electron chi connectivity index (χ0n) is 14.3. The molecular formula is C21H18Cl2NO2P. The summed E-state index contributed by atoms with van der Waals surface area (Å²) in [5.74, 6) is -1.35. The fraction of sp³-hybridized carbons (Fsp3) is 0.0952. The first-order valence-corrected chi connectivity index (χ1v) is 11.0. The summed E-state index contributed by atoms with van der Waals surface area (Å²) in [6, 6.07) is 26.7. The fourth-order valence-electron chi connectivity index (χ4n) is 2.89. The van der Waals surface area contributed by atoms with E-state index in [0.717, 1.165) is 0 Å². The van der Waals surface area contributed by atoms with Gasteiger partial charge in [0.15, 0.2) is 7.14 Å². The number of hydrogen-bond acceptors (Lipinski definition) is 2. The number of amides is 1. The highest BCUT2D eigenvalue weighted by molar-refractivity contribution is 7.79. The van der Waals surface area contributed by atoms with Crippen molar-refractivity contribution in [2.45, 2.75) is 10.6 Å². The van der Waals surface area contributed by atoms with Gasteiger partial charge in [0.1, 0.15) is 10.6 Å². The van der Waals surface area contributed by atoms with E-state index >= 15 is 0 Å². The van der Waals surface area contributed by atoms with Gasteiger partial charge in [-0.2, -0.15) is 0 Å². The number of nitrogens with one attached hydrogen (secondary N) is 1. The maximum absolute atomic E-state index is 14.3. The molecule has 0 bridgehead atoms. The van der Waals surface area contributed by atoms with Crippen LogP contribution in [0.2, 0.25) is 0 Å². The zero-order valence-corrected chi connectivity index (χ0v) is 16.7. The molecule has 1 unspecified atom stereocenters. The molecule has 0 radical (unpaired) electrons. The quantitative estimate of drug-likeness (QED) is 0.471. The van der Waals surface area contributed by atoms with Gasteiger partial charge in [0.2, 0.25) is 0 Å². The third-order valence-corrected chi connectivity index (χ3v) is 8.42. The van der Waals surface area contributed by atoms with Gasteiger partial charge < -0.3 is 9.88 Å². The van der Waals surface area contributed by atoms with E-state index in [4.69, 9.17) is 23.2 Å². The molecule has 1 N–H and O–H groups in total. The molecule has 0 spiro atoms. The Kier molecular flexibility index (Phi) is 6.38. The standard InChI is InChI=1S/C21H18Cl2NO2P/c22-19(23)21(24-20(25)16-10-4-1-5-11-16)27(26,17-12-6-2-7-13-17)18-14-8-3-9-15-18/h1-15,19,21H,(H,24,25). The molecule has 3 rings (SSSR count).